The van der Waals surface area contributed by atoms with E-state index in [1.165, 1.54) is 19.2 Å². The van der Waals surface area contributed by atoms with Gasteiger partial charge in [0.15, 0.2) is 0 Å². The highest BCUT2D eigenvalue weighted by molar-refractivity contribution is 9.11. The van der Waals surface area contributed by atoms with Gasteiger partial charge in [0.1, 0.15) is 11.6 Å². The number of carbonyl (C=O) groups excluding carboxylic acids is 2. The Morgan fingerprint density at radius 2 is 1.31 bits per heavy atom. The van der Waals surface area contributed by atoms with Crippen molar-refractivity contribution < 1.29 is 49.1 Å². The van der Waals surface area contributed by atoms with E-state index >= 15 is 4.39 Å². The molecule has 3 rings (SSSR count). The van der Waals surface area contributed by atoms with Crippen molar-refractivity contribution in [3.63, 3.8) is 0 Å². The summed E-state index contributed by atoms with van der Waals surface area (Å²) in [5.74, 6) is -4.40. The minimum Gasteiger partial charge on any atom is -0.355 e. The first kappa shape index (κ1) is 30.5. The van der Waals surface area contributed by atoms with Crippen molar-refractivity contribution in [2.45, 2.75) is 18.0 Å². The second kappa shape index (κ2) is 10.8. The van der Waals surface area contributed by atoms with E-state index in [-0.39, 0.29) is 23.3 Å². The molecule has 2 N–H and O–H groups in total. The van der Waals surface area contributed by atoms with Crippen molar-refractivity contribution in [1.82, 2.24) is 5.32 Å². The number of nitrogens with one attached hydrogen (secondary N) is 2. The van der Waals surface area contributed by atoms with Gasteiger partial charge in [0.05, 0.1) is 16.8 Å². The third-order valence-electron chi connectivity index (χ3n) is 5.46. The van der Waals surface area contributed by atoms with E-state index in [0.717, 1.165) is 24.3 Å². The Morgan fingerprint density at radius 1 is 0.769 bits per heavy atom. The molecule has 4 nitrogen and oxygen atoms in total. The average molecular weight is 692 g/mol. The van der Waals surface area contributed by atoms with Crippen LogP contribution < -0.4 is 10.6 Å². The molecule has 0 aliphatic heterocycles. The molecule has 0 atom stereocenters. The van der Waals surface area contributed by atoms with Crippen molar-refractivity contribution in [2.75, 3.05) is 12.4 Å². The maximum absolute atomic E-state index is 15.1. The highest BCUT2D eigenvalue weighted by Gasteiger charge is 2.73. The van der Waals surface area contributed by atoms with E-state index in [9.17, 15) is 44.7 Å². The highest BCUT2D eigenvalue weighted by atomic mass is 79.9. The molecule has 3 aromatic carbocycles. The van der Waals surface area contributed by atoms with Crippen LogP contribution in [0.2, 0.25) is 0 Å². The average Bonchev–Trinajstić information content (AvgIpc) is 2.84. The fourth-order valence-electron chi connectivity index (χ4n) is 3.57. The molecule has 208 valence electrons. The van der Waals surface area contributed by atoms with Crippen LogP contribution in [0.3, 0.4) is 0 Å². The number of alkyl halides is 7. The quantitative estimate of drug-likeness (QED) is 0.266. The maximum Gasteiger partial charge on any atom is 0.435 e. The Labute approximate surface area is 230 Å². The second-order valence-electron chi connectivity index (χ2n) is 7.83. The van der Waals surface area contributed by atoms with Gasteiger partial charge >= 0.3 is 18.0 Å². The van der Waals surface area contributed by atoms with Gasteiger partial charge in [-0.3, -0.25) is 9.59 Å². The van der Waals surface area contributed by atoms with E-state index in [1.807, 2.05) is 0 Å². The molecule has 0 unspecified atom stereocenters. The summed E-state index contributed by atoms with van der Waals surface area (Å²) in [7, 11) is 1.21. The Bertz CT molecular complexity index is 1420. The Hall–Kier alpha value is -3.07. The molecular weight excluding hydrogens is 679 g/mol. The first-order chi connectivity index (χ1) is 18.0. The summed E-state index contributed by atoms with van der Waals surface area (Å²) in [5.41, 5.74) is -9.94. The first-order valence-corrected chi connectivity index (χ1v) is 12.0. The molecular formula is C24H13Br2F9N2O2. The number of carbonyl (C=O) groups is 2. The van der Waals surface area contributed by atoms with Crippen LogP contribution >= 0.6 is 31.9 Å². The Morgan fingerprint density at radius 3 is 1.82 bits per heavy atom. The van der Waals surface area contributed by atoms with Gasteiger partial charge in [-0.05, 0) is 62.2 Å². The fourth-order valence-corrected chi connectivity index (χ4v) is 4.95. The minimum absolute atomic E-state index is 0.194. The monoisotopic (exact) mass is 690 g/mol. The number of amides is 2. The summed E-state index contributed by atoms with van der Waals surface area (Å²) in [6, 6.07) is 7.00. The predicted molar refractivity (Wildman–Crippen MR) is 130 cm³/mol. The zero-order valence-electron chi connectivity index (χ0n) is 19.1. The van der Waals surface area contributed by atoms with Crippen LogP contribution in [0.25, 0.3) is 11.1 Å². The number of rotatable bonds is 5. The van der Waals surface area contributed by atoms with Crippen molar-refractivity contribution >= 4 is 49.4 Å². The second-order valence-corrected chi connectivity index (χ2v) is 9.54. The SMILES string of the molecule is CNC(=O)c1ccc(F)c(-c2ccccc2C(=O)Nc2c(Br)cc(C(F)(C(F)(F)F)C(F)(F)F)cc2Br)c1F. The van der Waals surface area contributed by atoms with E-state index in [2.05, 4.69) is 42.5 Å². The smallest absolute Gasteiger partial charge is 0.355 e. The van der Waals surface area contributed by atoms with Gasteiger partial charge < -0.3 is 10.6 Å². The van der Waals surface area contributed by atoms with Gasteiger partial charge in [-0.25, -0.2) is 13.2 Å². The van der Waals surface area contributed by atoms with E-state index in [1.54, 1.807) is 0 Å². The predicted octanol–water partition coefficient (Wildman–Crippen LogP) is 8.06. The molecule has 39 heavy (non-hydrogen) atoms. The summed E-state index contributed by atoms with van der Waals surface area (Å²) in [4.78, 5) is 25.1. The third kappa shape index (κ3) is 5.51. The molecule has 0 fully saturated rings. The van der Waals surface area contributed by atoms with Crippen LogP contribution in [0.4, 0.5) is 45.2 Å². The van der Waals surface area contributed by atoms with Gasteiger partial charge in [-0.2, -0.15) is 26.3 Å². The molecule has 3 aromatic rings. The highest BCUT2D eigenvalue weighted by Crippen LogP contribution is 2.54. The van der Waals surface area contributed by atoms with Crippen LogP contribution in [0.1, 0.15) is 26.3 Å². The number of anilines is 1. The molecule has 0 radical (unpaired) electrons. The van der Waals surface area contributed by atoms with Gasteiger partial charge in [-0.1, -0.05) is 18.2 Å². The third-order valence-corrected chi connectivity index (χ3v) is 6.71. The number of halogens is 11. The lowest BCUT2D eigenvalue weighted by Gasteiger charge is -2.31. The zero-order valence-corrected chi connectivity index (χ0v) is 22.3. The number of hydrogen-bond donors (Lipinski definition) is 2. The molecule has 2 amide bonds. The standard InChI is InChI=1S/C24H13Br2F9N2O2/c1-36-20(38)13-6-7-16(27)17(18(13)28)11-4-2-3-5-12(11)21(39)37-19-14(25)8-10(9-15(19)26)22(29,23(30,31)32)24(33,34)35/h2-9H,1H3,(H,36,38)(H,37,39). The zero-order chi connectivity index (χ0) is 29.5. The van der Waals surface area contributed by atoms with Crippen molar-refractivity contribution in [3.8, 4) is 11.1 Å². The number of benzene rings is 3. The van der Waals surface area contributed by atoms with Crippen LogP contribution in [0.15, 0.2) is 57.5 Å². The van der Waals surface area contributed by atoms with Crippen molar-refractivity contribution in [3.05, 3.63) is 85.8 Å². The van der Waals surface area contributed by atoms with Gasteiger partial charge in [0.2, 0.25) is 0 Å². The lowest BCUT2D eigenvalue weighted by atomic mass is 9.94. The van der Waals surface area contributed by atoms with Crippen LogP contribution in [-0.2, 0) is 5.67 Å². The summed E-state index contributed by atoms with van der Waals surface area (Å²) >= 11 is 5.47. The molecule has 0 spiro atoms. The largest absolute Gasteiger partial charge is 0.435 e. The fraction of sp³-hybridized carbons (Fsp3) is 0.167. The Kier molecular flexibility index (Phi) is 8.46. The lowest BCUT2D eigenvalue weighted by molar-refractivity contribution is -0.348. The number of hydrogen-bond acceptors (Lipinski definition) is 2. The summed E-state index contributed by atoms with van der Waals surface area (Å²) < 4.78 is 122. The lowest BCUT2D eigenvalue weighted by Crippen LogP contribution is -2.50. The molecule has 0 aliphatic rings. The van der Waals surface area contributed by atoms with Crippen molar-refractivity contribution in [1.29, 1.82) is 0 Å². The topological polar surface area (TPSA) is 58.2 Å². The van der Waals surface area contributed by atoms with Crippen LogP contribution in [0, 0.1) is 11.6 Å². The summed E-state index contributed by atoms with van der Waals surface area (Å²) in [6.07, 6.45) is -12.7. The van der Waals surface area contributed by atoms with Crippen LogP contribution in [-0.4, -0.2) is 31.2 Å². The van der Waals surface area contributed by atoms with Crippen LogP contribution in [0.5, 0.6) is 0 Å². The molecule has 0 aromatic heterocycles. The molecule has 0 aliphatic carbocycles. The maximum atomic E-state index is 15.1. The minimum atomic E-state index is -6.37. The molecule has 0 heterocycles. The molecule has 0 bridgehead atoms. The normalized spacial score (nSPS) is 12.3. The van der Waals surface area contributed by atoms with Crippen molar-refractivity contribution in [2.24, 2.45) is 0 Å². The molecule has 0 saturated carbocycles. The van der Waals surface area contributed by atoms with Gasteiger partial charge in [0, 0.05) is 32.7 Å². The van der Waals surface area contributed by atoms with E-state index in [0.29, 0.717) is 0 Å². The van der Waals surface area contributed by atoms with E-state index in [4.69, 9.17) is 0 Å². The van der Waals surface area contributed by atoms with Gasteiger partial charge in [-0.15, -0.1) is 0 Å². The Balaban J connectivity index is 2.10. The molecule has 0 saturated heterocycles. The summed E-state index contributed by atoms with van der Waals surface area (Å²) in [5, 5.41) is 4.38. The van der Waals surface area contributed by atoms with E-state index < -0.39 is 72.8 Å². The van der Waals surface area contributed by atoms with Gasteiger partial charge in [0.25, 0.3) is 11.8 Å². The summed E-state index contributed by atoms with van der Waals surface area (Å²) in [6.45, 7) is 0. The molecule has 15 heteroatoms. The first-order valence-electron chi connectivity index (χ1n) is 10.4.